The number of rotatable bonds is 2. The van der Waals surface area contributed by atoms with Crippen molar-refractivity contribution in [1.82, 2.24) is 0 Å². The van der Waals surface area contributed by atoms with E-state index in [0.29, 0.717) is 11.8 Å². The Hall–Kier alpha value is -0.0400. The Kier molecular flexibility index (Phi) is 2.35. The maximum atomic E-state index is 9.56. The summed E-state index contributed by atoms with van der Waals surface area (Å²) in [5, 5.41) is 9.56. The van der Waals surface area contributed by atoms with Crippen molar-refractivity contribution in [1.29, 1.82) is 0 Å². The first-order chi connectivity index (χ1) is 4.61. The normalized spacial score (nSPS) is 35.7. The van der Waals surface area contributed by atoms with Gasteiger partial charge >= 0.3 is 0 Å². The monoisotopic (exact) mass is 142 g/mol. The van der Waals surface area contributed by atoms with Gasteiger partial charge in [0.25, 0.3) is 0 Å². The Bertz CT molecular complexity index is 103. The molecular formula is C9H18O. The summed E-state index contributed by atoms with van der Waals surface area (Å²) in [5.41, 5.74) is 0. The molecule has 0 aliphatic heterocycles. The molecule has 0 saturated heterocycles. The van der Waals surface area contributed by atoms with E-state index in [1.807, 2.05) is 0 Å². The highest BCUT2D eigenvalue weighted by atomic mass is 16.3. The second-order valence-electron chi connectivity index (χ2n) is 4.07. The minimum Gasteiger partial charge on any atom is -0.393 e. The van der Waals surface area contributed by atoms with Crippen LogP contribution in [0.25, 0.3) is 0 Å². The van der Waals surface area contributed by atoms with Gasteiger partial charge in [0.05, 0.1) is 6.10 Å². The lowest BCUT2D eigenvalue weighted by atomic mass is 9.71. The summed E-state index contributed by atoms with van der Waals surface area (Å²) in [6.07, 6.45) is 2.43. The molecule has 1 heteroatoms. The summed E-state index contributed by atoms with van der Waals surface area (Å²) in [7, 11) is 0. The van der Waals surface area contributed by atoms with Gasteiger partial charge < -0.3 is 5.11 Å². The van der Waals surface area contributed by atoms with Crippen LogP contribution in [0.15, 0.2) is 0 Å². The molecule has 1 fully saturated rings. The van der Waals surface area contributed by atoms with E-state index in [4.69, 9.17) is 0 Å². The molecule has 0 heterocycles. The van der Waals surface area contributed by atoms with Gasteiger partial charge in [0.2, 0.25) is 0 Å². The van der Waals surface area contributed by atoms with Crippen molar-refractivity contribution in [2.45, 2.75) is 39.7 Å². The Labute approximate surface area is 63.4 Å². The van der Waals surface area contributed by atoms with Crippen LogP contribution >= 0.6 is 0 Å². The fraction of sp³-hybridized carbons (Fsp3) is 1.00. The van der Waals surface area contributed by atoms with Crippen molar-refractivity contribution in [3.05, 3.63) is 0 Å². The van der Waals surface area contributed by atoms with Gasteiger partial charge in [-0.25, -0.2) is 0 Å². The third kappa shape index (κ3) is 1.51. The number of hydrogen-bond donors (Lipinski definition) is 1. The van der Waals surface area contributed by atoms with E-state index in [9.17, 15) is 5.11 Å². The zero-order valence-corrected chi connectivity index (χ0v) is 7.17. The summed E-state index contributed by atoms with van der Waals surface area (Å²) >= 11 is 0. The van der Waals surface area contributed by atoms with E-state index in [2.05, 4.69) is 20.8 Å². The molecule has 1 nitrogen and oxygen atoms in total. The standard InChI is InChI=1S/C9H18O/c1-6(2)9(10)8-4-7(3)5-8/h6-10H,4-5H2,1-3H3/t7?,8?,9-/m1/s1. The molecule has 1 aliphatic rings. The van der Waals surface area contributed by atoms with Gasteiger partial charge in [0.15, 0.2) is 0 Å². The minimum absolute atomic E-state index is 0.0452. The van der Waals surface area contributed by atoms with E-state index in [1.165, 1.54) is 12.8 Å². The molecule has 0 bridgehead atoms. The molecule has 0 amide bonds. The lowest BCUT2D eigenvalue weighted by molar-refractivity contribution is 0.00303. The van der Waals surface area contributed by atoms with Crippen molar-refractivity contribution in [3.8, 4) is 0 Å². The van der Waals surface area contributed by atoms with Gasteiger partial charge in [-0.2, -0.15) is 0 Å². The highest BCUT2D eigenvalue weighted by Gasteiger charge is 2.32. The van der Waals surface area contributed by atoms with Crippen LogP contribution in [0.3, 0.4) is 0 Å². The van der Waals surface area contributed by atoms with Crippen molar-refractivity contribution >= 4 is 0 Å². The molecule has 0 spiro atoms. The molecule has 1 N–H and O–H groups in total. The number of aliphatic hydroxyl groups is 1. The van der Waals surface area contributed by atoms with Gasteiger partial charge in [0, 0.05) is 0 Å². The minimum atomic E-state index is -0.0452. The van der Waals surface area contributed by atoms with Gasteiger partial charge in [-0.05, 0) is 30.6 Å². The summed E-state index contributed by atoms with van der Waals surface area (Å²) in [5.74, 6) is 1.91. The second kappa shape index (κ2) is 2.91. The molecule has 0 radical (unpaired) electrons. The van der Waals surface area contributed by atoms with Crippen LogP contribution in [0.5, 0.6) is 0 Å². The third-order valence-corrected chi connectivity index (χ3v) is 2.58. The molecule has 60 valence electrons. The lowest BCUT2D eigenvalue weighted by Gasteiger charge is -2.37. The molecule has 1 saturated carbocycles. The van der Waals surface area contributed by atoms with E-state index < -0.39 is 0 Å². The van der Waals surface area contributed by atoms with E-state index >= 15 is 0 Å². The number of hydrogen-bond acceptors (Lipinski definition) is 1. The third-order valence-electron chi connectivity index (χ3n) is 2.58. The Morgan fingerprint density at radius 3 is 2.10 bits per heavy atom. The summed E-state index contributed by atoms with van der Waals surface area (Å²) in [6.45, 7) is 6.44. The van der Waals surface area contributed by atoms with Crippen molar-refractivity contribution in [2.75, 3.05) is 0 Å². The topological polar surface area (TPSA) is 20.2 Å². The summed E-state index contributed by atoms with van der Waals surface area (Å²) in [4.78, 5) is 0. The zero-order valence-electron chi connectivity index (χ0n) is 7.17. The maximum absolute atomic E-state index is 9.56. The van der Waals surface area contributed by atoms with Gasteiger partial charge in [-0.1, -0.05) is 20.8 Å². The molecule has 0 aromatic carbocycles. The van der Waals surface area contributed by atoms with E-state index in [1.54, 1.807) is 0 Å². The molecule has 1 atom stereocenters. The average molecular weight is 142 g/mol. The second-order valence-corrected chi connectivity index (χ2v) is 4.07. The molecule has 10 heavy (non-hydrogen) atoms. The molecule has 0 aromatic rings. The first kappa shape index (κ1) is 8.06. The lowest BCUT2D eigenvalue weighted by Crippen LogP contribution is -2.35. The zero-order chi connectivity index (χ0) is 7.72. The van der Waals surface area contributed by atoms with Crippen LogP contribution in [-0.4, -0.2) is 11.2 Å². The molecule has 0 aromatic heterocycles. The van der Waals surface area contributed by atoms with Gasteiger partial charge in [-0.15, -0.1) is 0 Å². The largest absolute Gasteiger partial charge is 0.393 e. The summed E-state index contributed by atoms with van der Waals surface area (Å²) < 4.78 is 0. The molecule has 1 rings (SSSR count). The van der Waals surface area contributed by atoms with Gasteiger partial charge in [0.1, 0.15) is 0 Å². The SMILES string of the molecule is CC1CC([C@H](O)C(C)C)C1. The molecule has 1 aliphatic carbocycles. The van der Waals surface area contributed by atoms with Crippen molar-refractivity contribution in [2.24, 2.45) is 17.8 Å². The van der Waals surface area contributed by atoms with Crippen LogP contribution in [-0.2, 0) is 0 Å². The molecule has 0 unspecified atom stereocenters. The van der Waals surface area contributed by atoms with Crippen molar-refractivity contribution in [3.63, 3.8) is 0 Å². The smallest absolute Gasteiger partial charge is 0.0591 e. The first-order valence-corrected chi connectivity index (χ1v) is 4.29. The van der Waals surface area contributed by atoms with Crippen LogP contribution < -0.4 is 0 Å². The van der Waals surface area contributed by atoms with Crippen molar-refractivity contribution < 1.29 is 5.11 Å². The Morgan fingerprint density at radius 2 is 1.80 bits per heavy atom. The fourth-order valence-electron chi connectivity index (χ4n) is 1.79. The van der Waals surface area contributed by atoms with Crippen LogP contribution in [0.2, 0.25) is 0 Å². The predicted octanol–water partition coefficient (Wildman–Crippen LogP) is 2.05. The van der Waals surface area contributed by atoms with E-state index in [-0.39, 0.29) is 6.10 Å². The highest BCUT2D eigenvalue weighted by Crippen LogP contribution is 2.37. The van der Waals surface area contributed by atoms with Crippen LogP contribution in [0.4, 0.5) is 0 Å². The summed E-state index contributed by atoms with van der Waals surface area (Å²) in [6, 6.07) is 0. The predicted molar refractivity (Wildman–Crippen MR) is 42.7 cm³/mol. The van der Waals surface area contributed by atoms with Crippen LogP contribution in [0, 0.1) is 17.8 Å². The Morgan fingerprint density at radius 1 is 1.30 bits per heavy atom. The Balaban J connectivity index is 2.24. The average Bonchev–Trinajstić information content (AvgIpc) is 1.79. The fourth-order valence-corrected chi connectivity index (χ4v) is 1.79. The van der Waals surface area contributed by atoms with Crippen LogP contribution in [0.1, 0.15) is 33.6 Å². The number of aliphatic hydroxyl groups excluding tert-OH is 1. The first-order valence-electron chi connectivity index (χ1n) is 4.29. The maximum Gasteiger partial charge on any atom is 0.0591 e. The highest BCUT2D eigenvalue weighted by molar-refractivity contribution is 4.83. The van der Waals surface area contributed by atoms with E-state index in [0.717, 1.165) is 5.92 Å². The quantitative estimate of drug-likeness (QED) is 0.625. The molecular weight excluding hydrogens is 124 g/mol. The van der Waals surface area contributed by atoms with Gasteiger partial charge in [-0.3, -0.25) is 0 Å².